The van der Waals surface area contributed by atoms with E-state index in [0.29, 0.717) is 31.3 Å². The molecule has 1 fully saturated rings. The zero-order valence-electron chi connectivity index (χ0n) is 15.3. The smallest absolute Gasteiger partial charge is 0.230 e. The van der Waals surface area contributed by atoms with Gasteiger partial charge in [-0.1, -0.05) is 43.5 Å². The zero-order chi connectivity index (χ0) is 18.7. The molecule has 0 atom stereocenters. The van der Waals surface area contributed by atoms with Crippen molar-refractivity contribution in [2.24, 2.45) is 0 Å². The van der Waals surface area contributed by atoms with Gasteiger partial charge in [-0.05, 0) is 36.6 Å². The average molecular weight is 369 g/mol. The Morgan fingerprint density at radius 3 is 2.63 bits per heavy atom. The number of carbonyl (C=O) groups excluding carboxylic acids is 1. The van der Waals surface area contributed by atoms with Gasteiger partial charge in [-0.3, -0.25) is 4.79 Å². The van der Waals surface area contributed by atoms with Gasteiger partial charge in [-0.25, -0.2) is 4.39 Å². The zero-order valence-corrected chi connectivity index (χ0v) is 15.3. The fraction of sp³-hybridized carbons (Fsp3) is 0.409. The Bertz CT molecular complexity index is 830. The van der Waals surface area contributed by atoms with Crippen molar-refractivity contribution in [1.29, 1.82) is 0 Å². The van der Waals surface area contributed by atoms with Crippen molar-refractivity contribution in [2.75, 3.05) is 13.2 Å². The van der Waals surface area contributed by atoms with E-state index in [-0.39, 0.29) is 11.7 Å². The summed E-state index contributed by atoms with van der Waals surface area (Å²) >= 11 is 0. The first kappa shape index (κ1) is 17.8. The third-order valence-corrected chi connectivity index (χ3v) is 5.61. The predicted molar refractivity (Wildman–Crippen MR) is 100 cm³/mol. The number of para-hydroxylation sites is 1. The molecular formula is C22H24FNO3. The summed E-state index contributed by atoms with van der Waals surface area (Å²) in [7, 11) is 0. The SMILES string of the molecule is O=C(NCc1cccc2c1OCCO2)C1(c2cccc(F)c2)CCCCC1. The largest absolute Gasteiger partial charge is 0.486 e. The lowest BCUT2D eigenvalue weighted by Gasteiger charge is -2.36. The first-order chi connectivity index (χ1) is 13.2. The normalized spacial score (nSPS) is 18.0. The third kappa shape index (κ3) is 3.51. The van der Waals surface area contributed by atoms with Crippen LogP contribution in [0.4, 0.5) is 4.39 Å². The van der Waals surface area contributed by atoms with Crippen LogP contribution in [0, 0.1) is 5.82 Å². The van der Waals surface area contributed by atoms with Crippen molar-refractivity contribution in [2.45, 2.75) is 44.1 Å². The molecule has 1 saturated carbocycles. The molecule has 5 heteroatoms. The number of ether oxygens (including phenoxy) is 2. The Morgan fingerprint density at radius 2 is 1.81 bits per heavy atom. The second-order valence-electron chi connectivity index (χ2n) is 7.28. The number of amides is 1. The molecule has 142 valence electrons. The quantitative estimate of drug-likeness (QED) is 0.882. The van der Waals surface area contributed by atoms with Crippen LogP contribution in [0.3, 0.4) is 0 Å². The van der Waals surface area contributed by atoms with E-state index >= 15 is 0 Å². The molecular weight excluding hydrogens is 345 g/mol. The molecule has 1 aliphatic carbocycles. The third-order valence-electron chi connectivity index (χ3n) is 5.61. The second-order valence-corrected chi connectivity index (χ2v) is 7.28. The standard InChI is InChI=1S/C22H24FNO3/c23-18-8-5-7-17(14-18)22(10-2-1-3-11-22)21(25)24-15-16-6-4-9-19-20(16)27-13-12-26-19/h4-9,14H,1-3,10-13,15H2,(H,24,25). The number of benzene rings is 2. The maximum absolute atomic E-state index is 13.8. The molecule has 0 bridgehead atoms. The minimum absolute atomic E-state index is 0.0397. The highest BCUT2D eigenvalue weighted by Gasteiger charge is 2.41. The number of rotatable bonds is 4. The molecule has 1 heterocycles. The summed E-state index contributed by atoms with van der Waals surface area (Å²) < 4.78 is 25.2. The fourth-order valence-electron chi connectivity index (χ4n) is 4.21. The highest BCUT2D eigenvalue weighted by molar-refractivity contribution is 5.88. The van der Waals surface area contributed by atoms with Crippen LogP contribution in [0.2, 0.25) is 0 Å². The lowest BCUT2D eigenvalue weighted by Crippen LogP contribution is -2.45. The summed E-state index contributed by atoms with van der Waals surface area (Å²) in [4.78, 5) is 13.3. The Morgan fingerprint density at radius 1 is 1.04 bits per heavy atom. The van der Waals surface area contributed by atoms with E-state index in [9.17, 15) is 9.18 Å². The molecule has 0 radical (unpaired) electrons. The highest BCUT2D eigenvalue weighted by Crippen LogP contribution is 2.40. The Hall–Kier alpha value is -2.56. The van der Waals surface area contributed by atoms with Gasteiger partial charge in [-0.2, -0.15) is 0 Å². The molecule has 4 nitrogen and oxygen atoms in total. The summed E-state index contributed by atoms with van der Waals surface area (Å²) in [5, 5.41) is 3.08. The van der Waals surface area contributed by atoms with Crippen LogP contribution in [-0.4, -0.2) is 19.1 Å². The van der Waals surface area contributed by atoms with Crippen molar-refractivity contribution in [3.63, 3.8) is 0 Å². The van der Waals surface area contributed by atoms with Gasteiger partial charge >= 0.3 is 0 Å². The minimum Gasteiger partial charge on any atom is -0.486 e. The number of carbonyl (C=O) groups is 1. The molecule has 2 aromatic rings. The van der Waals surface area contributed by atoms with Gasteiger partial charge in [0.05, 0.1) is 5.41 Å². The van der Waals surface area contributed by atoms with Gasteiger partial charge in [0, 0.05) is 12.1 Å². The molecule has 0 spiro atoms. The Labute approximate surface area is 158 Å². The molecule has 0 saturated heterocycles. The Kier molecular flexibility index (Phi) is 5.01. The topological polar surface area (TPSA) is 47.6 Å². The molecule has 0 unspecified atom stereocenters. The van der Waals surface area contributed by atoms with Crippen LogP contribution < -0.4 is 14.8 Å². The van der Waals surface area contributed by atoms with Crippen LogP contribution in [-0.2, 0) is 16.8 Å². The molecule has 4 rings (SSSR count). The second kappa shape index (κ2) is 7.59. The molecule has 1 N–H and O–H groups in total. The van der Waals surface area contributed by atoms with Crippen molar-refractivity contribution in [3.05, 3.63) is 59.4 Å². The summed E-state index contributed by atoms with van der Waals surface area (Å²) in [5.41, 5.74) is 1.01. The van der Waals surface area contributed by atoms with Gasteiger partial charge in [0.25, 0.3) is 0 Å². The van der Waals surface area contributed by atoms with Crippen LogP contribution >= 0.6 is 0 Å². The molecule has 27 heavy (non-hydrogen) atoms. The summed E-state index contributed by atoms with van der Waals surface area (Å²) in [6.45, 7) is 1.40. The van der Waals surface area contributed by atoms with E-state index in [4.69, 9.17) is 9.47 Å². The van der Waals surface area contributed by atoms with Crippen molar-refractivity contribution in [1.82, 2.24) is 5.32 Å². The van der Waals surface area contributed by atoms with E-state index < -0.39 is 5.41 Å². The van der Waals surface area contributed by atoms with Gasteiger partial charge in [0.1, 0.15) is 19.0 Å². The number of hydrogen-bond acceptors (Lipinski definition) is 3. The highest BCUT2D eigenvalue weighted by atomic mass is 19.1. The van der Waals surface area contributed by atoms with E-state index in [1.165, 1.54) is 12.1 Å². The van der Waals surface area contributed by atoms with E-state index in [0.717, 1.165) is 43.2 Å². The minimum atomic E-state index is -0.660. The number of nitrogens with one attached hydrogen (secondary N) is 1. The van der Waals surface area contributed by atoms with Crippen molar-refractivity contribution in [3.8, 4) is 11.5 Å². The molecule has 2 aliphatic rings. The molecule has 0 aromatic heterocycles. The first-order valence-electron chi connectivity index (χ1n) is 9.61. The molecule has 1 amide bonds. The summed E-state index contributed by atoms with van der Waals surface area (Å²) in [6, 6.07) is 12.2. The first-order valence-corrected chi connectivity index (χ1v) is 9.61. The number of halogens is 1. The predicted octanol–water partition coefficient (Wildman–Crippen LogP) is 4.12. The maximum Gasteiger partial charge on any atom is 0.230 e. The monoisotopic (exact) mass is 369 g/mol. The van der Waals surface area contributed by atoms with Gasteiger partial charge in [0.15, 0.2) is 11.5 Å². The summed E-state index contributed by atoms with van der Waals surface area (Å²) in [5.74, 6) is 1.08. The summed E-state index contributed by atoms with van der Waals surface area (Å²) in [6.07, 6.45) is 4.55. The average Bonchev–Trinajstić information content (AvgIpc) is 2.72. The van der Waals surface area contributed by atoms with Crippen molar-refractivity contribution >= 4 is 5.91 Å². The van der Waals surface area contributed by atoms with Crippen LogP contribution in [0.25, 0.3) is 0 Å². The molecule has 1 aliphatic heterocycles. The maximum atomic E-state index is 13.8. The van der Waals surface area contributed by atoms with Crippen LogP contribution in [0.5, 0.6) is 11.5 Å². The van der Waals surface area contributed by atoms with Gasteiger partial charge in [0.2, 0.25) is 5.91 Å². The van der Waals surface area contributed by atoms with Crippen molar-refractivity contribution < 1.29 is 18.7 Å². The number of hydrogen-bond donors (Lipinski definition) is 1. The van der Waals surface area contributed by atoms with Gasteiger partial charge < -0.3 is 14.8 Å². The number of fused-ring (bicyclic) bond motifs is 1. The lowest BCUT2D eigenvalue weighted by atomic mass is 9.68. The van der Waals surface area contributed by atoms with E-state index in [1.54, 1.807) is 6.07 Å². The van der Waals surface area contributed by atoms with Crippen LogP contribution in [0.1, 0.15) is 43.2 Å². The van der Waals surface area contributed by atoms with E-state index in [2.05, 4.69) is 5.32 Å². The van der Waals surface area contributed by atoms with Crippen LogP contribution in [0.15, 0.2) is 42.5 Å². The fourth-order valence-corrected chi connectivity index (χ4v) is 4.21. The Balaban J connectivity index is 1.57. The lowest BCUT2D eigenvalue weighted by molar-refractivity contribution is -0.128. The van der Waals surface area contributed by atoms with E-state index in [1.807, 2.05) is 24.3 Å². The molecule has 2 aromatic carbocycles. The van der Waals surface area contributed by atoms with Gasteiger partial charge in [-0.15, -0.1) is 0 Å².